The molecular formula is C16H24N4O. The van der Waals surface area contributed by atoms with E-state index >= 15 is 0 Å². The van der Waals surface area contributed by atoms with Gasteiger partial charge in [0.2, 0.25) is 0 Å². The number of hydrogen-bond acceptors (Lipinski definition) is 4. The topological polar surface area (TPSA) is 33.5 Å². The van der Waals surface area contributed by atoms with E-state index in [1.54, 1.807) is 4.68 Å². The zero-order valence-corrected chi connectivity index (χ0v) is 13.0. The van der Waals surface area contributed by atoms with Gasteiger partial charge in [-0.3, -0.25) is 9.58 Å². The first-order chi connectivity index (χ1) is 10.2. The van der Waals surface area contributed by atoms with Crippen molar-refractivity contribution in [1.29, 1.82) is 0 Å². The molecule has 2 saturated heterocycles. The molecule has 2 fully saturated rings. The molecule has 0 bridgehead atoms. The van der Waals surface area contributed by atoms with Crippen molar-refractivity contribution >= 4 is 0 Å². The number of ether oxygens (including phenoxy) is 1. The van der Waals surface area contributed by atoms with Crippen molar-refractivity contribution in [2.75, 3.05) is 46.4 Å². The van der Waals surface area contributed by atoms with Crippen molar-refractivity contribution in [2.45, 2.75) is 12.5 Å². The van der Waals surface area contributed by atoms with Gasteiger partial charge in [0, 0.05) is 51.9 Å². The average molecular weight is 288 g/mol. The third kappa shape index (κ3) is 3.65. The highest BCUT2D eigenvalue weighted by atomic mass is 16.5. The van der Waals surface area contributed by atoms with Crippen LogP contribution in [0.2, 0.25) is 0 Å². The van der Waals surface area contributed by atoms with Crippen molar-refractivity contribution in [1.82, 2.24) is 19.6 Å². The van der Waals surface area contributed by atoms with E-state index in [0.717, 1.165) is 51.4 Å². The second-order valence-electron chi connectivity index (χ2n) is 6.08. The largest absolute Gasteiger partial charge is 0.381 e. The Hall–Kier alpha value is -1.35. The van der Waals surface area contributed by atoms with Gasteiger partial charge in [0.15, 0.2) is 0 Å². The summed E-state index contributed by atoms with van der Waals surface area (Å²) in [7, 11) is 4.11. The molecule has 0 saturated carbocycles. The lowest BCUT2D eigenvalue weighted by Gasteiger charge is -2.37. The molecule has 2 atom stereocenters. The molecule has 3 heterocycles. The van der Waals surface area contributed by atoms with Gasteiger partial charge in [-0.15, -0.1) is 0 Å². The highest BCUT2D eigenvalue weighted by Crippen LogP contribution is 2.22. The Labute approximate surface area is 126 Å². The fourth-order valence-corrected chi connectivity index (χ4v) is 3.05. The quantitative estimate of drug-likeness (QED) is 0.739. The number of piperazine rings is 1. The molecule has 0 aliphatic carbocycles. The van der Waals surface area contributed by atoms with Crippen LogP contribution in [0.3, 0.4) is 0 Å². The summed E-state index contributed by atoms with van der Waals surface area (Å²) >= 11 is 0. The Balaban J connectivity index is 1.74. The van der Waals surface area contributed by atoms with Gasteiger partial charge in [-0.05, 0) is 13.5 Å². The number of nitrogens with zero attached hydrogens (tertiary/aromatic N) is 4. The minimum Gasteiger partial charge on any atom is -0.381 e. The molecule has 2 aliphatic heterocycles. The Bertz CT molecular complexity index is 516. The molecule has 5 nitrogen and oxygen atoms in total. The summed E-state index contributed by atoms with van der Waals surface area (Å²) in [5, 5.41) is 4.18. The first kappa shape index (κ1) is 14.6. The zero-order chi connectivity index (χ0) is 14.7. The molecule has 0 aromatic carbocycles. The predicted octanol–water partition coefficient (Wildman–Crippen LogP) is 0.424. The molecule has 0 N–H and O–H groups in total. The van der Waals surface area contributed by atoms with Crippen LogP contribution < -0.4 is 0 Å². The van der Waals surface area contributed by atoms with Gasteiger partial charge >= 0.3 is 0 Å². The van der Waals surface area contributed by atoms with Crippen LogP contribution in [-0.2, 0) is 11.8 Å². The smallest absolute Gasteiger partial charge is 0.0770 e. The normalized spacial score (nSPS) is 25.5. The summed E-state index contributed by atoms with van der Waals surface area (Å²) in [6.45, 7) is 6.16. The Kier molecular flexibility index (Phi) is 4.59. The molecule has 1 aromatic rings. The van der Waals surface area contributed by atoms with Crippen LogP contribution in [0.15, 0.2) is 12.4 Å². The van der Waals surface area contributed by atoms with Crippen LogP contribution in [0.25, 0.3) is 0 Å². The number of likely N-dealkylation sites (N-methyl/N-ethyl adjacent to an activating group) is 1. The van der Waals surface area contributed by atoms with Crippen LogP contribution in [0.4, 0.5) is 0 Å². The molecule has 0 radical (unpaired) electrons. The van der Waals surface area contributed by atoms with Crippen molar-refractivity contribution in [3.8, 4) is 11.8 Å². The van der Waals surface area contributed by atoms with Crippen LogP contribution in [-0.4, -0.2) is 72.1 Å². The second-order valence-corrected chi connectivity index (χ2v) is 6.08. The number of hydrogen-bond donors (Lipinski definition) is 0. The molecule has 2 unspecified atom stereocenters. The predicted molar refractivity (Wildman–Crippen MR) is 81.9 cm³/mol. The summed E-state index contributed by atoms with van der Waals surface area (Å²) < 4.78 is 7.38. The number of aromatic nitrogens is 2. The molecule has 3 rings (SSSR count). The Morgan fingerprint density at radius 1 is 1.29 bits per heavy atom. The van der Waals surface area contributed by atoms with Crippen LogP contribution >= 0.6 is 0 Å². The lowest BCUT2D eigenvalue weighted by molar-refractivity contribution is 0.0982. The van der Waals surface area contributed by atoms with Crippen LogP contribution in [0, 0.1) is 17.8 Å². The molecule has 5 heteroatoms. The summed E-state index contributed by atoms with van der Waals surface area (Å²) in [4.78, 5) is 4.91. The lowest BCUT2D eigenvalue weighted by atomic mass is 9.97. The van der Waals surface area contributed by atoms with Gasteiger partial charge in [0.1, 0.15) is 0 Å². The van der Waals surface area contributed by atoms with Gasteiger partial charge in [0.25, 0.3) is 0 Å². The third-order valence-electron chi connectivity index (χ3n) is 4.41. The maximum absolute atomic E-state index is 5.58. The van der Waals surface area contributed by atoms with E-state index < -0.39 is 0 Å². The zero-order valence-electron chi connectivity index (χ0n) is 13.0. The fourth-order valence-electron chi connectivity index (χ4n) is 3.05. The maximum Gasteiger partial charge on any atom is 0.0770 e. The number of aryl methyl sites for hydroxylation is 1. The van der Waals surface area contributed by atoms with Crippen LogP contribution in [0.1, 0.15) is 12.0 Å². The lowest BCUT2D eigenvalue weighted by Crippen LogP contribution is -2.51. The van der Waals surface area contributed by atoms with Crippen molar-refractivity contribution in [3.05, 3.63) is 18.0 Å². The summed E-state index contributed by atoms with van der Waals surface area (Å²) in [5.74, 6) is 7.35. The minimum absolute atomic E-state index is 0.307. The van der Waals surface area contributed by atoms with E-state index in [9.17, 15) is 0 Å². The van der Waals surface area contributed by atoms with Crippen molar-refractivity contribution in [2.24, 2.45) is 13.0 Å². The SMILES string of the molecule is CN1CCN(C(C#Cc2cnn(C)c2)C2CCOC2)CC1. The molecule has 0 amide bonds. The average Bonchev–Trinajstić information content (AvgIpc) is 3.13. The van der Waals surface area contributed by atoms with E-state index in [4.69, 9.17) is 4.74 Å². The molecular weight excluding hydrogens is 264 g/mol. The van der Waals surface area contributed by atoms with Crippen LogP contribution in [0.5, 0.6) is 0 Å². The van der Waals surface area contributed by atoms with Crippen molar-refractivity contribution < 1.29 is 4.74 Å². The molecule has 0 spiro atoms. The van der Waals surface area contributed by atoms with E-state index in [1.165, 1.54) is 0 Å². The standard InChI is InChI=1S/C16H24N4O/c1-18-6-8-20(9-7-18)16(15-5-10-21-13-15)4-3-14-11-17-19(2)12-14/h11-12,15-16H,5-10,13H2,1-2H3. The first-order valence-electron chi connectivity index (χ1n) is 7.73. The summed E-state index contributed by atoms with van der Waals surface area (Å²) in [6.07, 6.45) is 4.93. The van der Waals surface area contributed by atoms with Gasteiger partial charge in [0.05, 0.1) is 24.4 Å². The van der Waals surface area contributed by atoms with Gasteiger partial charge in [-0.1, -0.05) is 11.8 Å². The van der Waals surface area contributed by atoms with E-state index in [0.29, 0.717) is 12.0 Å². The molecule has 21 heavy (non-hydrogen) atoms. The third-order valence-corrected chi connectivity index (χ3v) is 4.41. The Morgan fingerprint density at radius 3 is 2.71 bits per heavy atom. The molecule has 114 valence electrons. The van der Waals surface area contributed by atoms with Gasteiger partial charge in [-0.25, -0.2) is 0 Å². The summed E-state index contributed by atoms with van der Waals surface area (Å²) in [6, 6.07) is 0.307. The minimum atomic E-state index is 0.307. The van der Waals surface area contributed by atoms with Gasteiger partial charge in [-0.2, -0.15) is 5.10 Å². The summed E-state index contributed by atoms with van der Waals surface area (Å²) in [5.41, 5.74) is 0.996. The van der Waals surface area contributed by atoms with E-state index in [1.807, 2.05) is 19.4 Å². The van der Waals surface area contributed by atoms with Crippen molar-refractivity contribution in [3.63, 3.8) is 0 Å². The highest BCUT2D eigenvalue weighted by molar-refractivity contribution is 5.31. The Morgan fingerprint density at radius 2 is 2.10 bits per heavy atom. The van der Waals surface area contributed by atoms with E-state index in [-0.39, 0.29) is 0 Å². The highest BCUT2D eigenvalue weighted by Gasteiger charge is 2.30. The monoisotopic (exact) mass is 288 g/mol. The second kappa shape index (κ2) is 6.61. The molecule has 1 aromatic heterocycles. The fraction of sp³-hybridized carbons (Fsp3) is 0.688. The molecule has 2 aliphatic rings. The van der Waals surface area contributed by atoms with Gasteiger partial charge < -0.3 is 9.64 Å². The maximum atomic E-state index is 5.58. The number of rotatable bonds is 2. The first-order valence-corrected chi connectivity index (χ1v) is 7.73. The van der Waals surface area contributed by atoms with E-state index in [2.05, 4.69) is 33.8 Å².